The predicted molar refractivity (Wildman–Crippen MR) is 37.1 cm³/mol. The maximum absolute atomic E-state index is 3.86. The van der Waals surface area contributed by atoms with Crippen LogP contribution in [0.1, 0.15) is 18.3 Å². The van der Waals surface area contributed by atoms with Crippen LogP contribution in [0, 0.1) is 5.92 Å². The van der Waals surface area contributed by atoms with Gasteiger partial charge in [0.1, 0.15) is 0 Å². The Morgan fingerprint density at radius 1 is 1.44 bits per heavy atom. The molecule has 0 unspecified atom stereocenters. The van der Waals surface area contributed by atoms with E-state index in [1.165, 1.54) is 17.3 Å². The Balaban J connectivity index is 2.40. The molecule has 0 saturated heterocycles. The van der Waals surface area contributed by atoms with Gasteiger partial charge in [0.2, 0.25) is 0 Å². The fourth-order valence-corrected chi connectivity index (χ4v) is 1.23. The molecule has 0 aromatic carbocycles. The van der Waals surface area contributed by atoms with Crippen molar-refractivity contribution in [3.63, 3.8) is 0 Å². The van der Waals surface area contributed by atoms with Crippen LogP contribution in [-0.4, -0.2) is 4.98 Å². The van der Waals surface area contributed by atoms with Crippen LogP contribution in [0.25, 0.3) is 0 Å². The highest BCUT2D eigenvalue weighted by Crippen LogP contribution is 2.36. The van der Waals surface area contributed by atoms with Crippen LogP contribution in [0.4, 0.5) is 0 Å². The first kappa shape index (κ1) is 4.86. The summed E-state index contributed by atoms with van der Waals surface area (Å²) in [4.78, 5) is 3.17. The molecular weight excluding hydrogens is 110 g/mol. The van der Waals surface area contributed by atoms with Crippen LogP contribution in [0.5, 0.6) is 0 Å². The first-order chi connectivity index (χ1) is 4.29. The number of rotatable bonds is 1. The molecule has 1 aliphatic carbocycles. The van der Waals surface area contributed by atoms with E-state index < -0.39 is 0 Å². The van der Waals surface area contributed by atoms with Crippen LogP contribution >= 0.6 is 0 Å². The number of aromatic nitrogens is 1. The summed E-state index contributed by atoms with van der Waals surface area (Å²) in [6.07, 6.45) is 0. The molecule has 0 fully saturated rings. The number of aromatic amines is 1. The van der Waals surface area contributed by atoms with Gasteiger partial charge in [-0.05, 0) is 19.1 Å². The van der Waals surface area contributed by atoms with Crippen LogP contribution in [-0.2, 0) is 0 Å². The molecule has 9 heavy (non-hydrogen) atoms. The highest BCUT2D eigenvalue weighted by molar-refractivity contribution is 5.58. The van der Waals surface area contributed by atoms with Gasteiger partial charge in [0.15, 0.2) is 0 Å². The Labute approximate surface area is 54.4 Å². The molecule has 1 aromatic rings. The SMILES string of the molecule is C=C(C)[C]1c2ccc1[nH]2. The second-order valence-electron chi connectivity index (χ2n) is 2.44. The summed E-state index contributed by atoms with van der Waals surface area (Å²) in [6, 6.07) is 4.17. The lowest BCUT2D eigenvalue weighted by Gasteiger charge is -2.19. The van der Waals surface area contributed by atoms with Gasteiger partial charge in [-0.25, -0.2) is 0 Å². The molecule has 1 nitrogen and oxygen atoms in total. The average molecular weight is 118 g/mol. The van der Waals surface area contributed by atoms with E-state index >= 15 is 0 Å². The molecule has 0 atom stereocenters. The molecule has 1 aliphatic heterocycles. The fourth-order valence-electron chi connectivity index (χ4n) is 1.23. The summed E-state index contributed by atoms with van der Waals surface area (Å²) in [7, 11) is 0. The van der Waals surface area contributed by atoms with E-state index in [1.807, 2.05) is 6.92 Å². The number of allylic oxidation sites excluding steroid dienone is 1. The quantitative estimate of drug-likeness (QED) is 0.579. The predicted octanol–water partition coefficient (Wildman–Crippen LogP) is 1.88. The van der Waals surface area contributed by atoms with E-state index in [2.05, 4.69) is 23.7 Å². The summed E-state index contributed by atoms with van der Waals surface area (Å²) in [5, 5.41) is 0. The molecule has 0 saturated carbocycles. The lowest BCUT2D eigenvalue weighted by molar-refractivity contribution is 0.991. The van der Waals surface area contributed by atoms with E-state index in [0.717, 1.165) is 5.57 Å². The molecule has 3 rings (SSSR count). The number of fused-ring (bicyclic) bond motifs is 1. The summed E-state index contributed by atoms with van der Waals surface area (Å²) >= 11 is 0. The summed E-state index contributed by atoms with van der Waals surface area (Å²) in [5.74, 6) is 1.31. The first-order valence-electron chi connectivity index (χ1n) is 3.01. The number of H-pyrrole nitrogens is 1. The van der Waals surface area contributed by atoms with E-state index in [9.17, 15) is 0 Å². The summed E-state index contributed by atoms with van der Waals surface area (Å²) in [5.41, 5.74) is 3.62. The highest BCUT2D eigenvalue weighted by atomic mass is 14.8. The van der Waals surface area contributed by atoms with Crippen LogP contribution < -0.4 is 0 Å². The number of nitrogens with one attached hydrogen (secondary N) is 1. The van der Waals surface area contributed by atoms with E-state index in [0.29, 0.717) is 0 Å². The molecule has 0 amide bonds. The maximum atomic E-state index is 3.86. The second kappa shape index (κ2) is 1.29. The van der Waals surface area contributed by atoms with Crippen molar-refractivity contribution in [2.24, 2.45) is 0 Å². The Morgan fingerprint density at radius 3 is 2.22 bits per heavy atom. The van der Waals surface area contributed by atoms with Gasteiger partial charge in [-0.1, -0.05) is 12.2 Å². The minimum atomic E-state index is 1.16. The topological polar surface area (TPSA) is 15.8 Å². The van der Waals surface area contributed by atoms with Crippen molar-refractivity contribution in [3.05, 3.63) is 41.6 Å². The Bertz CT molecular complexity index is 231. The zero-order valence-electron chi connectivity index (χ0n) is 5.36. The molecular formula is C8H8N. The third-order valence-electron chi connectivity index (χ3n) is 1.65. The van der Waals surface area contributed by atoms with Crippen LogP contribution in [0.15, 0.2) is 24.3 Å². The molecule has 45 valence electrons. The van der Waals surface area contributed by atoms with Crippen molar-refractivity contribution in [2.45, 2.75) is 6.92 Å². The van der Waals surface area contributed by atoms with Crippen molar-refractivity contribution >= 4 is 0 Å². The lowest BCUT2D eigenvalue weighted by atomic mass is 9.94. The monoisotopic (exact) mass is 118 g/mol. The third-order valence-corrected chi connectivity index (χ3v) is 1.65. The van der Waals surface area contributed by atoms with Gasteiger partial charge in [0, 0.05) is 11.4 Å². The van der Waals surface area contributed by atoms with Crippen molar-refractivity contribution in [3.8, 4) is 0 Å². The lowest BCUT2D eigenvalue weighted by Crippen LogP contribution is -2.11. The van der Waals surface area contributed by atoms with E-state index in [-0.39, 0.29) is 0 Å². The molecule has 1 aromatic heterocycles. The normalized spacial score (nSPS) is 15.2. The summed E-state index contributed by atoms with van der Waals surface area (Å²) < 4.78 is 0. The zero-order valence-corrected chi connectivity index (χ0v) is 5.36. The third kappa shape index (κ3) is 0.441. The van der Waals surface area contributed by atoms with Gasteiger partial charge in [-0.2, -0.15) is 0 Å². The molecule has 2 heterocycles. The van der Waals surface area contributed by atoms with Gasteiger partial charge in [-0.3, -0.25) is 0 Å². The van der Waals surface area contributed by atoms with Crippen LogP contribution in [0.3, 0.4) is 0 Å². The first-order valence-corrected chi connectivity index (χ1v) is 3.01. The van der Waals surface area contributed by atoms with E-state index in [1.54, 1.807) is 0 Å². The number of hydrogen-bond acceptors (Lipinski definition) is 0. The van der Waals surface area contributed by atoms with Crippen LogP contribution in [0.2, 0.25) is 0 Å². The molecule has 1 N–H and O–H groups in total. The smallest absolute Gasteiger partial charge is 0.0909 e. The van der Waals surface area contributed by atoms with Crippen molar-refractivity contribution in [1.82, 2.24) is 4.98 Å². The van der Waals surface area contributed by atoms with E-state index in [4.69, 9.17) is 0 Å². The van der Waals surface area contributed by atoms with Gasteiger partial charge in [-0.15, -0.1) is 0 Å². The van der Waals surface area contributed by atoms with Gasteiger partial charge in [0.25, 0.3) is 0 Å². The maximum Gasteiger partial charge on any atom is 0.0909 e. The second-order valence-corrected chi connectivity index (χ2v) is 2.44. The standard InChI is InChI=1S/C8H8N/c1-5(2)8-6-3-4-7(8)9-6/h3-4,9H,1H2,2H3. The van der Waals surface area contributed by atoms with Crippen molar-refractivity contribution in [2.75, 3.05) is 0 Å². The van der Waals surface area contributed by atoms with Crippen molar-refractivity contribution < 1.29 is 0 Å². The average Bonchev–Trinajstić information content (AvgIpc) is 2.13. The van der Waals surface area contributed by atoms with Gasteiger partial charge >= 0.3 is 0 Å². The van der Waals surface area contributed by atoms with Gasteiger partial charge in [0.05, 0.1) is 5.92 Å². The largest absolute Gasteiger partial charge is 0.360 e. The molecule has 1 radical (unpaired) electrons. The zero-order chi connectivity index (χ0) is 6.43. The Hall–Kier alpha value is -0.980. The van der Waals surface area contributed by atoms with Gasteiger partial charge < -0.3 is 4.98 Å². The minimum Gasteiger partial charge on any atom is -0.360 e. The highest BCUT2D eigenvalue weighted by Gasteiger charge is 2.27. The fraction of sp³-hybridized carbons (Fsp3) is 0.125. The molecule has 0 spiro atoms. The Kier molecular flexibility index (Phi) is 0.699. The number of hydrogen-bond donors (Lipinski definition) is 1. The molecule has 2 aliphatic rings. The molecule has 1 heteroatoms. The summed E-state index contributed by atoms with van der Waals surface area (Å²) in [6.45, 7) is 5.89. The minimum absolute atomic E-state index is 1.16. The molecule has 2 bridgehead atoms. The van der Waals surface area contributed by atoms with Crippen molar-refractivity contribution in [1.29, 1.82) is 0 Å². The Morgan fingerprint density at radius 2 is 2.00 bits per heavy atom.